The molecule has 3 aromatic heterocycles. The van der Waals surface area contributed by atoms with Gasteiger partial charge in [-0.25, -0.2) is 15.0 Å². The molecular formula is C47H31N3O2. The summed E-state index contributed by atoms with van der Waals surface area (Å²) in [5.74, 6) is 2.47. The third kappa shape index (κ3) is 4.66. The average Bonchev–Trinajstić information content (AvgIpc) is 3.78. The van der Waals surface area contributed by atoms with Crippen LogP contribution in [0.2, 0.25) is 0 Å². The molecule has 0 bridgehead atoms. The molecule has 1 unspecified atom stereocenters. The topological polar surface area (TPSA) is 65.0 Å². The van der Waals surface area contributed by atoms with E-state index in [-0.39, 0.29) is 0 Å². The van der Waals surface area contributed by atoms with Crippen LogP contribution in [0.25, 0.3) is 88.9 Å². The Morgan fingerprint density at radius 3 is 2.17 bits per heavy atom. The van der Waals surface area contributed by atoms with Gasteiger partial charge in [0.15, 0.2) is 17.5 Å². The maximum absolute atomic E-state index is 6.46. The molecule has 5 nitrogen and oxygen atoms in total. The van der Waals surface area contributed by atoms with Crippen molar-refractivity contribution < 1.29 is 8.83 Å². The lowest BCUT2D eigenvalue weighted by Crippen LogP contribution is -2.15. The van der Waals surface area contributed by atoms with Gasteiger partial charge in [0, 0.05) is 38.2 Å². The molecule has 0 spiro atoms. The van der Waals surface area contributed by atoms with Crippen molar-refractivity contribution in [2.24, 2.45) is 5.92 Å². The van der Waals surface area contributed by atoms with Crippen molar-refractivity contribution in [3.63, 3.8) is 0 Å². The molecular weight excluding hydrogens is 639 g/mol. The van der Waals surface area contributed by atoms with Gasteiger partial charge in [-0.3, -0.25) is 0 Å². The lowest BCUT2D eigenvalue weighted by Gasteiger charge is -2.30. The van der Waals surface area contributed by atoms with Gasteiger partial charge in [-0.05, 0) is 95.5 Å². The monoisotopic (exact) mass is 669 g/mol. The molecule has 1 atom stereocenters. The van der Waals surface area contributed by atoms with Gasteiger partial charge in [0.2, 0.25) is 0 Å². The number of rotatable bonds is 4. The minimum absolute atomic E-state index is 0.515. The second kappa shape index (κ2) is 11.5. The minimum atomic E-state index is 0.515. The SMILES string of the molecule is C1=C(c2nc(-c3ccccc3)nc(-c3cccc4oc5ccc(-c6ccc7c(c6)oc6ccccc67)cc5c34)n2)C=C2c3ccccc3CCC2C1. The van der Waals surface area contributed by atoms with Crippen molar-refractivity contribution >= 4 is 55.0 Å². The van der Waals surface area contributed by atoms with E-state index in [4.69, 9.17) is 23.8 Å². The van der Waals surface area contributed by atoms with Crippen LogP contribution in [0, 0.1) is 5.92 Å². The molecule has 0 radical (unpaired) electrons. The van der Waals surface area contributed by atoms with Crippen molar-refractivity contribution in [3.8, 4) is 33.9 Å². The number of furan rings is 2. The van der Waals surface area contributed by atoms with E-state index in [1.165, 1.54) is 16.7 Å². The molecule has 0 saturated carbocycles. The van der Waals surface area contributed by atoms with E-state index in [2.05, 4.69) is 97.1 Å². The van der Waals surface area contributed by atoms with E-state index in [0.29, 0.717) is 23.4 Å². The van der Waals surface area contributed by atoms with Crippen LogP contribution >= 0.6 is 0 Å². The number of aryl methyl sites for hydroxylation is 1. The third-order valence-corrected chi connectivity index (χ3v) is 10.8. The zero-order valence-corrected chi connectivity index (χ0v) is 28.2. The van der Waals surface area contributed by atoms with Crippen LogP contribution in [-0.4, -0.2) is 15.0 Å². The van der Waals surface area contributed by atoms with E-state index in [1.54, 1.807) is 0 Å². The molecule has 246 valence electrons. The van der Waals surface area contributed by atoms with Gasteiger partial charge in [-0.1, -0.05) is 103 Å². The maximum Gasteiger partial charge on any atom is 0.164 e. The summed E-state index contributed by atoms with van der Waals surface area (Å²) < 4.78 is 12.7. The minimum Gasteiger partial charge on any atom is -0.456 e. The number of hydrogen-bond acceptors (Lipinski definition) is 5. The van der Waals surface area contributed by atoms with Crippen LogP contribution in [0.1, 0.15) is 29.8 Å². The molecule has 9 aromatic rings. The smallest absolute Gasteiger partial charge is 0.164 e. The predicted molar refractivity (Wildman–Crippen MR) is 210 cm³/mol. The molecule has 2 aliphatic rings. The van der Waals surface area contributed by atoms with E-state index in [1.807, 2.05) is 48.5 Å². The summed E-state index contributed by atoms with van der Waals surface area (Å²) in [5, 5.41) is 4.23. The fourth-order valence-electron chi connectivity index (χ4n) is 8.26. The summed E-state index contributed by atoms with van der Waals surface area (Å²) in [4.78, 5) is 15.5. The molecule has 52 heavy (non-hydrogen) atoms. The van der Waals surface area contributed by atoms with Crippen molar-refractivity contribution in [1.29, 1.82) is 0 Å². The molecule has 2 aliphatic carbocycles. The number of benzene rings is 6. The Balaban J connectivity index is 1.08. The Morgan fingerprint density at radius 1 is 0.500 bits per heavy atom. The van der Waals surface area contributed by atoms with Crippen LogP contribution in [0.4, 0.5) is 0 Å². The second-order valence-electron chi connectivity index (χ2n) is 13.9. The normalized spacial score (nSPS) is 15.5. The van der Waals surface area contributed by atoms with E-state index in [9.17, 15) is 0 Å². The van der Waals surface area contributed by atoms with Gasteiger partial charge in [-0.15, -0.1) is 0 Å². The average molecular weight is 670 g/mol. The van der Waals surface area contributed by atoms with Crippen LogP contribution in [0.5, 0.6) is 0 Å². The summed E-state index contributed by atoms with van der Waals surface area (Å²) in [5.41, 5.74) is 12.6. The maximum atomic E-state index is 6.46. The zero-order valence-electron chi connectivity index (χ0n) is 28.2. The van der Waals surface area contributed by atoms with Gasteiger partial charge < -0.3 is 8.83 Å². The first-order valence-electron chi connectivity index (χ1n) is 17.9. The predicted octanol–water partition coefficient (Wildman–Crippen LogP) is 12.1. The van der Waals surface area contributed by atoms with Crippen LogP contribution in [0.15, 0.2) is 154 Å². The molecule has 0 aliphatic heterocycles. The number of aromatic nitrogens is 3. The van der Waals surface area contributed by atoms with Crippen molar-refractivity contribution in [2.75, 3.05) is 0 Å². The molecule has 6 aromatic carbocycles. The highest BCUT2D eigenvalue weighted by Gasteiger charge is 2.27. The van der Waals surface area contributed by atoms with Gasteiger partial charge in [0.05, 0.1) is 0 Å². The molecule has 5 heteroatoms. The zero-order chi connectivity index (χ0) is 34.2. The molecule has 0 saturated heterocycles. The summed E-state index contributed by atoms with van der Waals surface area (Å²) in [6.07, 6.45) is 7.89. The highest BCUT2D eigenvalue weighted by Crippen LogP contribution is 2.43. The Kier molecular flexibility index (Phi) is 6.44. The van der Waals surface area contributed by atoms with E-state index >= 15 is 0 Å². The fraction of sp³-hybridized carbons (Fsp3) is 0.0851. The summed E-state index contributed by atoms with van der Waals surface area (Å²) >= 11 is 0. The lowest BCUT2D eigenvalue weighted by atomic mass is 9.75. The van der Waals surface area contributed by atoms with E-state index in [0.717, 1.165) is 91.0 Å². The Morgan fingerprint density at radius 2 is 1.21 bits per heavy atom. The Labute approximate surface area is 299 Å². The number of allylic oxidation sites excluding steroid dienone is 4. The van der Waals surface area contributed by atoms with Crippen molar-refractivity contribution in [3.05, 3.63) is 163 Å². The summed E-state index contributed by atoms with van der Waals surface area (Å²) in [6, 6.07) is 46.2. The largest absolute Gasteiger partial charge is 0.456 e. The van der Waals surface area contributed by atoms with Crippen molar-refractivity contribution in [2.45, 2.75) is 19.3 Å². The molecule has 11 rings (SSSR count). The first kappa shape index (κ1) is 29.2. The molecule has 0 N–H and O–H groups in total. The first-order chi connectivity index (χ1) is 25.7. The number of para-hydroxylation sites is 1. The molecule has 0 fully saturated rings. The lowest BCUT2D eigenvalue weighted by molar-refractivity contribution is 0.594. The fourth-order valence-corrected chi connectivity index (χ4v) is 8.26. The van der Waals surface area contributed by atoms with Gasteiger partial charge in [0.25, 0.3) is 0 Å². The van der Waals surface area contributed by atoms with E-state index < -0.39 is 0 Å². The highest BCUT2D eigenvalue weighted by molar-refractivity contribution is 6.13. The standard InChI is InChI=1S/C47H31N3O2/c1-2-10-30(11-3-1)45-48-46(33-20-19-29-18-17-28-9-4-5-12-34(28)38(29)26-33)50-47(49-45)37-14-8-16-42-44(37)39-25-31(22-24-41(39)51-42)32-21-23-36-35-13-6-7-15-40(35)52-43(36)27-32/h1-16,20-27,29H,17-19H2. The summed E-state index contributed by atoms with van der Waals surface area (Å²) in [6.45, 7) is 0. The van der Waals surface area contributed by atoms with Gasteiger partial charge in [0.1, 0.15) is 22.3 Å². The van der Waals surface area contributed by atoms with Gasteiger partial charge in [-0.2, -0.15) is 0 Å². The Hall–Kier alpha value is -6.59. The van der Waals surface area contributed by atoms with Crippen LogP contribution in [0.3, 0.4) is 0 Å². The van der Waals surface area contributed by atoms with Crippen LogP contribution in [-0.2, 0) is 6.42 Å². The first-order valence-corrected chi connectivity index (χ1v) is 17.9. The molecule has 0 amide bonds. The van der Waals surface area contributed by atoms with Gasteiger partial charge >= 0.3 is 0 Å². The second-order valence-corrected chi connectivity index (χ2v) is 13.9. The van der Waals surface area contributed by atoms with Crippen molar-refractivity contribution in [1.82, 2.24) is 15.0 Å². The highest BCUT2D eigenvalue weighted by atomic mass is 16.3. The number of hydrogen-bond donors (Lipinski definition) is 0. The number of nitrogens with zero attached hydrogens (tertiary/aromatic N) is 3. The summed E-state index contributed by atoms with van der Waals surface area (Å²) in [7, 11) is 0. The molecule has 3 heterocycles. The third-order valence-electron chi connectivity index (χ3n) is 10.8. The quantitative estimate of drug-likeness (QED) is 0.187. The number of fused-ring (bicyclic) bond motifs is 9. The Bertz CT molecular complexity index is 2950. The van der Waals surface area contributed by atoms with Crippen LogP contribution < -0.4 is 0 Å².